The molecule has 1 heterocycles. The van der Waals surface area contributed by atoms with Crippen molar-refractivity contribution in [3.63, 3.8) is 0 Å². The summed E-state index contributed by atoms with van der Waals surface area (Å²) in [6.45, 7) is 2.31. The minimum absolute atomic E-state index is 0.559. The van der Waals surface area contributed by atoms with E-state index in [1.165, 1.54) is 24.9 Å². The van der Waals surface area contributed by atoms with Crippen LogP contribution in [0.4, 0.5) is 5.69 Å². The number of hydrogen-bond donors (Lipinski definition) is 1. The van der Waals surface area contributed by atoms with Crippen LogP contribution in [0, 0.1) is 5.41 Å². The third-order valence-electron chi connectivity index (χ3n) is 3.51. The zero-order valence-electron chi connectivity index (χ0n) is 11.7. The molecule has 3 heteroatoms. The van der Waals surface area contributed by atoms with E-state index in [-0.39, 0.29) is 0 Å². The molecular formula is C15H24N3+. The quantitative estimate of drug-likeness (QED) is 0.485. The maximum absolute atomic E-state index is 8.25. The molecule has 1 aromatic carbocycles. The average Bonchev–Trinajstić information content (AvgIpc) is 2.38. The lowest BCUT2D eigenvalue weighted by Crippen LogP contribution is -2.41. The number of rotatable bonds is 2. The smallest absolute Gasteiger partial charge is 0.226 e. The van der Waals surface area contributed by atoms with Crippen molar-refractivity contribution in [3.8, 4) is 0 Å². The first-order valence-electron chi connectivity index (χ1n) is 6.74. The Balaban J connectivity index is 2.22. The van der Waals surface area contributed by atoms with Gasteiger partial charge in [-0.1, -0.05) is 6.07 Å². The Morgan fingerprint density at radius 3 is 2.39 bits per heavy atom. The van der Waals surface area contributed by atoms with Crippen LogP contribution in [0.3, 0.4) is 0 Å². The molecule has 0 radical (unpaired) electrons. The maximum atomic E-state index is 8.25. The summed E-state index contributed by atoms with van der Waals surface area (Å²) < 4.78 is 0.559. The van der Waals surface area contributed by atoms with E-state index in [1.54, 1.807) is 0 Å². The van der Waals surface area contributed by atoms with Gasteiger partial charge in [-0.15, -0.1) is 0 Å². The molecule has 0 unspecified atom stereocenters. The second-order valence-corrected chi connectivity index (χ2v) is 5.96. The summed E-state index contributed by atoms with van der Waals surface area (Å²) in [7, 11) is 6.11. The predicted octanol–water partition coefficient (Wildman–Crippen LogP) is 2.71. The predicted molar refractivity (Wildman–Crippen MR) is 77.4 cm³/mol. The van der Waals surface area contributed by atoms with Crippen molar-refractivity contribution in [1.29, 1.82) is 5.41 Å². The van der Waals surface area contributed by atoms with Gasteiger partial charge in [-0.2, -0.15) is 0 Å². The molecule has 0 aliphatic carbocycles. The number of hydrogen-bond acceptors (Lipinski definition) is 2. The van der Waals surface area contributed by atoms with Crippen molar-refractivity contribution in [2.24, 2.45) is 0 Å². The summed E-state index contributed by atoms with van der Waals surface area (Å²) in [5, 5.41) is 8.25. The van der Waals surface area contributed by atoms with E-state index < -0.39 is 0 Å². The van der Waals surface area contributed by atoms with E-state index in [1.807, 2.05) is 27.2 Å². The fraction of sp³-hybridized carbons (Fsp3) is 0.533. The van der Waals surface area contributed by atoms with Crippen LogP contribution in [0.1, 0.15) is 24.8 Å². The summed E-state index contributed by atoms with van der Waals surface area (Å²) in [5.74, 6) is 0.661. The van der Waals surface area contributed by atoms with Crippen LogP contribution < -0.4 is 4.90 Å². The van der Waals surface area contributed by atoms with Crippen LogP contribution >= 0.6 is 0 Å². The van der Waals surface area contributed by atoms with Gasteiger partial charge in [0, 0.05) is 18.8 Å². The Morgan fingerprint density at radius 2 is 1.78 bits per heavy atom. The number of nitrogens with one attached hydrogen (secondary N) is 1. The molecule has 1 aromatic rings. The second kappa shape index (κ2) is 5.11. The third-order valence-corrected chi connectivity index (χ3v) is 3.51. The highest BCUT2D eigenvalue weighted by molar-refractivity contribution is 5.92. The Labute approximate surface area is 110 Å². The fourth-order valence-corrected chi connectivity index (χ4v) is 2.39. The van der Waals surface area contributed by atoms with Crippen LogP contribution in [0.2, 0.25) is 0 Å². The number of nitrogens with zero attached hydrogens (tertiary/aromatic N) is 2. The lowest BCUT2D eigenvalue weighted by atomic mass is 10.1. The second-order valence-electron chi connectivity index (χ2n) is 5.96. The molecule has 0 bridgehead atoms. The number of piperidine rings is 1. The van der Waals surface area contributed by atoms with Gasteiger partial charge in [0.1, 0.15) is 0 Å². The van der Waals surface area contributed by atoms with Gasteiger partial charge < -0.3 is 4.90 Å². The number of anilines is 1. The molecule has 98 valence electrons. The number of quaternary nitrogens is 1. The Hall–Kier alpha value is -1.35. The van der Waals surface area contributed by atoms with Gasteiger partial charge in [0.25, 0.3) is 0 Å². The fourth-order valence-electron chi connectivity index (χ4n) is 2.39. The van der Waals surface area contributed by atoms with Crippen molar-refractivity contribution in [2.45, 2.75) is 19.3 Å². The van der Waals surface area contributed by atoms with Crippen molar-refractivity contribution in [3.05, 3.63) is 29.8 Å². The molecule has 1 saturated heterocycles. The van der Waals surface area contributed by atoms with Gasteiger partial charge in [0.2, 0.25) is 5.84 Å². The van der Waals surface area contributed by atoms with Crippen molar-refractivity contribution >= 4 is 11.5 Å². The third kappa shape index (κ3) is 2.91. The molecule has 3 nitrogen and oxygen atoms in total. The highest BCUT2D eigenvalue weighted by Gasteiger charge is 2.19. The number of amidine groups is 1. The van der Waals surface area contributed by atoms with Gasteiger partial charge in [-0.3, -0.25) is 9.89 Å². The van der Waals surface area contributed by atoms with E-state index in [4.69, 9.17) is 5.41 Å². The van der Waals surface area contributed by atoms with E-state index >= 15 is 0 Å². The van der Waals surface area contributed by atoms with Crippen molar-refractivity contribution in [1.82, 2.24) is 0 Å². The lowest BCUT2D eigenvalue weighted by molar-refractivity contribution is -0.776. The van der Waals surface area contributed by atoms with E-state index in [0.717, 1.165) is 18.7 Å². The molecule has 18 heavy (non-hydrogen) atoms. The summed E-state index contributed by atoms with van der Waals surface area (Å²) in [5.41, 5.74) is 2.30. The molecule has 0 spiro atoms. The Morgan fingerprint density at radius 1 is 1.11 bits per heavy atom. The first kappa shape index (κ1) is 13.1. The molecule has 2 rings (SSSR count). The molecule has 0 aromatic heterocycles. The Kier molecular flexibility index (Phi) is 3.71. The molecule has 0 amide bonds. The monoisotopic (exact) mass is 246 g/mol. The maximum Gasteiger partial charge on any atom is 0.226 e. The zero-order valence-corrected chi connectivity index (χ0v) is 11.7. The largest absolute Gasteiger partial charge is 0.372 e. The van der Waals surface area contributed by atoms with Crippen LogP contribution in [0.15, 0.2) is 24.3 Å². The molecule has 1 fully saturated rings. The van der Waals surface area contributed by atoms with Gasteiger partial charge in [0.05, 0.1) is 26.7 Å². The zero-order chi connectivity index (χ0) is 13.2. The highest BCUT2D eigenvalue weighted by Crippen LogP contribution is 2.21. The van der Waals surface area contributed by atoms with Crippen LogP contribution in [0.5, 0.6) is 0 Å². The summed E-state index contributed by atoms with van der Waals surface area (Å²) in [6, 6.07) is 8.44. The van der Waals surface area contributed by atoms with Crippen molar-refractivity contribution < 1.29 is 4.48 Å². The first-order valence-corrected chi connectivity index (χ1v) is 6.74. The highest BCUT2D eigenvalue weighted by atomic mass is 15.3. The summed E-state index contributed by atoms with van der Waals surface area (Å²) in [6.07, 6.45) is 3.93. The van der Waals surface area contributed by atoms with Gasteiger partial charge in [-0.25, -0.2) is 0 Å². The van der Waals surface area contributed by atoms with Crippen LogP contribution in [-0.4, -0.2) is 44.6 Å². The topological polar surface area (TPSA) is 27.1 Å². The molecule has 0 saturated carbocycles. The van der Waals surface area contributed by atoms with Crippen LogP contribution in [-0.2, 0) is 0 Å². The summed E-state index contributed by atoms with van der Waals surface area (Å²) >= 11 is 0. The molecule has 1 aliphatic rings. The van der Waals surface area contributed by atoms with Crippen LogP contribution in [0.25, 0.3) is 0 Å². The molecule has 0 atom stereocenters. The van der Waals surface area contributed by atoms with Gasteiger partial charge in [-0.05, 0) is 37.5 Å². The number of benzene rings is 1. The first-order chi connectivity index (χ1) is 8.48. The van der Waals surface area contributed by atoms with E-state index in [2.05, 4.69) is 23.1 Å². The normalized spacial score (nSPS) is 16.7. The molecule has 1 aliphatic heterocycles. The van der Waals surface area contributed by atoms with Gasteiger partial charge >= 0.3 is 0 Å². The Bertz CT molecular complexity index is 426. The minimum atomic E-state index is 0.559. The van der Waals surface area contributed by atoms with E-state index in [9.17, 15) is 0 Å². The standard InChI is InChI=1S/C15H24N3/c1-18(2,3)15(16)13-8-7-9-14(12-13)17-10-5-4-6-11-17/h7-9,12,16H,4-6,10-11H2,1-3H3/q+1. The minimum Gasteiger partial charge on any atom is -0.372 e. The van der Waals surface area contributed by atoms with Crippen molar-refractivity contribution in [2.75, 3.05) is 39.1 Å². The summed E-state index contributed by atoms with van der Waals surface area (Å²) in [4.78, 5) is 2.44. The molecule has 1 N–H and O–H groups in total. The van der Waals surface area contributed by atoms with Gasteiger partial charge in [0.15, 0.2) is 0 Å². The molecular weight excluding hydrogens is 222 g/mol. The SMILES string of the molecule is C[N+](C)(C)C(=N)c1cccc(N2CCCCC2)c1. The van der Waals surface area contributed by atoms with E-state index in [0.29, 0.717) is 10.3 Å². The lowest BCUT2D eigenvalue weighted by Gasteiger charge is -2.30. The average molecular weight is 246 g/mol.